The number of para-hydroxylation sites is 6. The fourth-order valence-electron chi connectivity index (χ4n) is 12.3. The van der Waals surface area contributed by atoms with Gasteiger partial charge in [-0.05, 0) is 0 Å². The molecule has 0 saturated heterocycles. The maximum absolute atomic E-state index is 9.89. The molecule has 0 N–H and O–H groups in total. The van der Waals surface area contributed by atoms with Crippen molar-refractivity contribution in [2.45, 2.75) is 0 Å². The molecule has 0 unspecified atom stereocenters. The summed E-state index contributed by atoms with van der Waals surface area (Å²) in [6.45, 7) is 0. The van der Waals surface area contributed by atoms with Crippen molar-refractivity contribution in [2.24, 2.45) is 0 Å². The zero-order chi connectivity index (χ0) is 47.8. The van der Waals surface area contributed by atoms with Crippen LogP contribution in [0.15, 0.2) is 267 Å². The van der Waals surface area contributed by atoms with E-state index in [9.17, 15) is 5.26 Å². The quantitative estimate of drug-likeness (QED) is 0.111. The molecule has 0 aliphatic heterocycles. The van der Waals surface area contributed by atoms with E-state index >= 15 is 0 Å². The Morgan fingerprint density at radius 2 is 0.625 bits per heavy atom. The Hall–Kier alpha value is -9.47. The first kappa shape index (κ1) is 41.5. The van der Waals surface area contributed by atoms with E-state index < -0.39 is 8.07 Å². The third-order valence-corrected chi connectivity index (χ3v) is 20.9. The van der Waals surface area contributed by atoms with Gasteiger partial charge >= 0.3 is 420 Å². The number of nitrogens with zero attached hydrogens (tertiary/aromatic N) is 4. The predicted octanol–water partition coefficient (Wildman–Crippen LogP) is 13.6. The number of fused-ring (bicyclic) bond motifs is 9. The second-order valence-electron chi connectivity index (χ2n) is 19.0. The monoisotopic (exact) mass is 933 g/mol. The summed E-state index contributed by atoms with van der Waals surface area (Å²) >= 11 is 0. The molecule has 0 bridgehead atoms. The standard InChI is InChI=1S/C67H45N4Si/c68-45-46-20-19-21-48(42-46)47-38-40-51(41-39-47)72(49-22-3-1-4-23-49,50-24-5-2-6-25-50)52-43-65(69-59-32-13-7-26-53(59)54-27-8-14-33-60(54)69)67(71-63-36-17-11-30-57(63)58-31-12-18-37-64(58)71)66(44-52)70-61-34-15-9-28-55(61)56-29-10-16-35-62(56)70/h1-44,72H/q-1. The van der Waals surface area contributed by atoms with E-state index in [0.717, 1.165) is 61.3 Å². The first-order chi connectivity index (χ1) is 35.7. The van der Waals surface area contributed by atoms with Crippen molar-refractivity contribution in [3.8, 4) is 34.3 Å². The summed E-state index contributed by atoms with van der Waals surface area (Å²) in [5.41, 5.74) is 12.9. The number of nitriles is 1. The van der Waals surface area contributed by atoms with E-state index in [0.29, 0.717) is 5.56 Å². The molecule has 3 aromatic heterocycles. The van der Waals surface area contributed by atoms with Crippen LogP contribution in [0, 0.1) is 11.3 Å². The summed E-state index contributed by atoms with van der Waals surface area (Å²) in [6.07, 6.45) is 0. The average molecular weight is 934 g/mol. The van der Waals surface area contributed by atoms with Crippen LogP contribution in [0.4, 0.5) is 0 Å². The Morgan fingerprint density at radius 3 is 1.01 bits per heavy atom. The van der Waals surface area contributed by atoms with E-state index in [1.807, 2.05) is 18.2 Å². The molecule has 0 spiro atoms. The zero-order valence-corrected chi connectivity index (χ0v) is 40.4. The molecule has 0 aliphatic rings. The van der Waals surface area contributed by atoms with Gasteiger partial charge in [0.15, 0.2) is 0 Å². The second kappa shape index (κ2) is 16.6. The van der Waals surface area contributed by atoms with Crippen molar-refractivity contribution < 1.29 is 0 Å². The van der Waals surface area contributed by atoms with Crippen molar-refractivity contribution in [3.63, 3.8) is 0 Å². The summed E-state index contributed by atoms with van der Waals surface area (Å²) < 4.78 is 7.65. The molecular weight excluding hydrogens is 889 g/mol. The molecule has 0 radical (unpaired) electrons. The van der Waals surface area contributed by atoms with Crippen LogP contribution in [-0.4, -0.2) is 21.8 Å². The van der Waals surface area contributed by atoms with Gasteiger partial charge in [-0.2, -0.15) is 0 Å². The summed E-state index contributed by atoms with van der Waals surface area (Å²) in [5.74, 6) is 0. The van der Waals surface area contributed by atoms with E-state index in [-0.39, 0.29) is 0 Å². The number of hydrogen-bond acceptors (Lipinski definition) is 1. The van der Waals surface area contributed by atoms with Crippen LogP contribution in [0.25, 0.3) is 93.6 Å². The third-order valence-electron chi connectivity index (χ3n) is 15.4. The van der Waals surface area contributed by atoms with Gasteiger partial charge in [0.1, 0.15) is 0 Å². The first-order valence-corrected chi connectivity index (χ1v) is 27.0. The van der Waals surface area contributed by atoms with Crippen molar-refractivity contribution in [1.82, 2.24) is 13.7 Å². The number of rotatable bonds is 8. The topological polar surface area (TPSA) is 38.6 Å². The molecule has 0 amide bonds. The van der Waals surface area contributed by atoms with Crippen LogP contribution in [0.2, 0.25) is 0 Å². The predicted molar refractivity (Wildman–Crippen MR) is 305 cm³/mol. The molecule has 5 heteroatoms. The zero-order valence-electron chi connectivity index (χ0n) is 39.3. The minimum absolute atomic E-state index is 0.647. The Kier molecular flexibility index (Phi) is 9.57. The van der Waals surface area contributed by atoms with Crippen molar-refractivity contribution in [3.05, 3.63) is 272 Å². The van der Waals surface area contributed by atoms with Gasteiger partial charge in [-0.25, -0.2) is 0 Å². The molecule has 72 heavy (non-hydrogen) atoms. The van der Waals surface area contributed by atoms with Crippen LogP contribution < -0.4 is 20.7 Å². The Balaban J connectivity index is 1.23. The average Bonchev–Trinajstić information content (AvgIpc) is 4.10. The SMILES string of the molecule is N#Cc1cccc(-c2ccc([SiH-](c3ccccc3)(c3ccccc3)c3cc(-n4c5ccccc5c5ccccc54)c(-n4c5ccccc5c5ccccc54)c(-n4c5ccccc5c5ccccc54)c3)cc2)c1. The summed E-state index contributed by atoms with van der Waals surface area (Å²) in [5, 5.41) is 22.3. The van der Waals surface area contributed by atoms with Crippen LogP contribution in [0.3, 0.4) is 0 Å². The Morgan fingerprint density at radius 1 is 0.278 bits per heavy atom. The van der Waals surface area contributed by atoms with Gasteiger partial charge in [0, 0.05) is 0 Å². The normalized spacial score (nSPS) is 12.1. The van der Waals surface area contributed by atoms with Gasteiger partial charge < -0.3 is 0 Å². The molecule has 4 nitrogen and oxygen atoms in total. The van der Waals surface area contributed by atoms with E-state index in [2.05, 4.69) is 268 Å². The third kappa shape index (κ3) is 6.16. The van der Waals surface area contributed by atoms with Gasteiger partial charge in [0.2, 0.25) is 0 Å². The van der Waals surface area contributed by atoms with Gasteiger partial charge in [-0.1, -0.05) is 0 Å². The van der Waals surface area contributed by atoms with Gasteiger partial charge in [0.25, 0.3) is 0 Å². The molecular formula is C67H45N4Si-. The molecule has 3 heterocycles. The van der Waals surface area contributed by atoms with Crippen molar-refractivity contribution >= 4 is 94.2 Å². The van der Waals surface area contributed by atoms with Gasteiger partial charge in [-0.15, -0.1) is 0 Å². The first-order valence-electron chi connectivity index (χ1n) is 24.7. The number of hydrogen-bond donors (Lipinski definition) is 0. The summed E-state index contributed by atoms with van der Waals surface area (Å²) in [7, 11) is -3.79. The van der Waals surface area contributed by atoms with E-state index in [1.165, 1.54) is 53.1 Å². The molecule has 11 aromatic carbocycles. The second-order valence-corrected chi connectivity index (χ2v) is 23.4. The molecule has 14 rings (SSSR count). The molecule has 0 saturated carbocycles. The minimum atomic E-state index is -3.79. The molecule has 14 aromatic rings. The molecule has 0 aliphatic carbocycles. The van der Waals surface area contributed by atoms with Crippen LogP contribution in [-0.2, 0) is 0 Å². The molecule has 0 atom stereocenters. The molecule has 338 valence electrons. The van der Waals surface area contributed by atoms with Crippen LogP contribution >= 0.6 is 0 Å². The summed E-state index contributed by atoms with van der Waals surface area (Å²) in [4.78, 5) is 0. The van der Waals surface area contributed by atoms with Crippen LogP contribution in [0.1, 0.15) is 5.56 Å². The maximum atomic E-state index is 9.89. The fraction of sp³-hybridized carbons (Fsp3) is 0. The van der Waals surface area contributed by atoms with E-state index in [4.69, 9.17) is 0 Å². The Labute approximate surface area is 417 Å². The summed E-state index contributed by atoms with van der Waals surface area (Å²) in [6, 6.07) is 101. The number of benzene rings is 11. The van der Waals surface area contributed by atoms with E-state index in [1.54, 1.807) is 0 Å². The molecule has 0 fully saturated rings. The van der Waals surface area contributed by atoms with Crippen molar-refractivity contribution in [2.75, 3.05) is 0 Å². The van der Waals surface area contributed by atoms with Crippen molar-refractivity contribution in [1.29, 1.82) is 5.26 Å². The Bertz CT molecular complexity index is 4120. The van der Waals surface area contributed by atoms with Gasteiger partial charge in [0.05, 0.1) is 0 Å². The van der Waals surface area contributed by atoms with Gasteiger partial charge in [-0.3, -0.25) is 0 Å². The fourth-order valence-corrected chi connectivity index (χ4v) is 17.8. The number of aromatic nitrogens is 3. The van der Waals surface area contributed by atoms with Crippen LogP contribution in [0.5, 0.6) is 0 Å².